The van der Waals surface area contributed by atoms with Crippen LogP contribution >= 0.6 is 0 Å². The maximum atomic E-state index is 10.4. The van der Waals surface area contributed by atoms with Crippen LogP contribution in [0.15, 0.2) is 44.4 Å². The first-order chi connectivity index (χ1) is 10.2. The first-order valence-corrected chi connectivity index (χ1v) is 5.99. The molecule has 120 valence electrons. The van der Waals surface area contributed by atoms with Gasteiger partial charge in [-0.2, -0.15) is 10.2 Å². The van der Waals surface area contributed by atoms with Gasteiger partial charge in [0.15, 0.2) is 0 Å². The van der Waals surface area contributed by atoms with Gasteiger partial charge in [0.1, 0.15) is 11.1 Å². The summed E-state index contributed by atoms with van der Waals surface area (Å²) in [5.74, 6) is -2.16. The quantitative estimate of drug-likeness (QED) is 0.569. The zero-order valence-corrected chi connectivity index (χ0v) is 16.1. The Morgan fingerprint density at radius 2 is 1.22 bits per heavy atom. The first kappa shape index (κ1) is 20.8. The van der Waals surface area contributed by atoms with E-state index in [0.29, 0.717) is 0 Å². The second-order valence-corrected chi connectivity index (χ2v) is 4.64. The second-order valence-electron chi connectivity index (χ2n) is 4.64. The van der Waals surface area contributed by atoms with Gasteiger partial charge in [0, 0.05) is 12.2 Å². The van der Waals surface area contributed by atoms with Crippen LogP contribution in [0.3, 0.4) is 0 Å². The molecule has 0 aromatic rings. The zero-order valence-electron chi connectivity index (χ0n) is 13.1. The molecule has 0 saturated heterocycles. The summed E-state index contributed by atoms with van der Waals surface area (Å²) >= 11 is 0. The first-order valence-electron chi connectivity index (χ1n) is 5.99. The number of ether oxygens (including phenoxy) is 2. The monoisotopic (exact) mass is 374 g/mol. The van der Waals surface area contributed by atoms with Crippen LogP contribution < -0.4 is 10.2 Å². The van der Waals surface area contributed by atoms with E-state index in [9.17, 15) is 19.8 Å². The molecule has 0 aromatic heterocycles. The van der Waals surface area contributed by atoms with Crippen molar-refractivity contribution in [2.24, 2.45) is 20.5 Å². The van der Waals surface area contributed by atoms with Crippen LogP contribution in [0.1, 0.15) is 13.8 Å². The van der Waals surface area contributed by atoms with Gasteiger partial charge in [-0.3, -0.25) is 0 Å². The number of rotatable bonds is 4. The average molecular weight is 376 g/mol. The molecule has 2 atom stereocenters. The molecule has 0 radical (unpaired) electrons. The largest absolute Gasteiger partial charge is 2.00 e. The Morgan fingerprint density at radius 1 is 0.913 bits per heavy atom. The predicted octanol–water partition coefficient (Wildman–Crippen LogP) is -1.11. The molecule has 0 fully saturated rings. The molecule has 0 saturated carbocycles. The van der Waals surface area contributed by atoms with Crippen LogP contribution in [0, 0.1) is 0 Å². The van der Waals surface area contributed by atoms with E-state index in [1.807, 2.05) is 0 Å². The number of carboxylic acid groups (broad SMARTS) is 2. The van der Waals surface area contributed by atoms with Gasteiger partial charge in [-0.15, -0.1) is 10.2 Å². The Hall–Kier alpha value is -2.16. The van der Waals surface area contributed by atoms with Crippen molar-refractivity contribution in [1.82, 2.24) is 0 Å². The average Bonchev–Trinajstić information content (AvgIpc) is 3.05. The summed E-state index contributed by atoms with van der Waals surface area (Å²) in [6.07, 6.45) is 2.59. The summed E-state index contributed by atoms with van der Waals surface area (Å²) in [5, 5.41) is 34.7. The fourth-order valence-electron chi connectivity index (χ4n) is 1.30. The molecule has 2 aliphatic rings. The topological polar surface area (TPSA) is 148 Å². The van der Waals surface area contributed by atoms with E-state index in [2.05, 4.69) is 29.9 Å². The van der Waals surface area contributed by atoms with Crippen molar-refractivity contribution in [1.29, 1.82) is 0 Å². The molecule has 2 rings (SSSR count). The van der Waals surface area contributed by atoms with Crippen molar-refractivity contribution in [2.45, 2.75) is 24.9 Å². The molecule has 0 amide bonds. The fraction of sp³-hybridized carbons (Fsp3) is 0.500. The predicted molar refractivity (Wildman–Crippen MR) is 66.7 cm³/mol. The summed E-state index contributed by atoms with van der Waals surface area (Å²) in [5.41, 5.74) is -2.71. The minimum absolute atomic E-state index is 0. The van der Waals surface area contributed by atoms with Gasteiger partial charge >= 0.3 is 19.5 Å². The third kappa shape index (κ3) is 4.92. The van der Waals surface area contributed by atoms with Crippen LogP contribution in [0.25, 0.3) is 0 Å². The number of hydrogen-bond acceptors (Lipinski definition) is 10. The van der Waals surface area contributed by atoms with Gasteiger partial charge in [-0.1, -0.05) is 0 Å². The number of hydrogen-bond donors (Lipinski definition) is 0. The van der Waals surface area contributed by atoms with Crippen LogP contribution in [-0.4, -0.2) is 37.2 Å². The Morgan fingerprint density at radius 3 is 1.35 bits per heavy atom. The van der Waals surface area contributed by atoms with Crippen LogP contribution in [0.2, 0.25) is 0 Å². The van der Waals surface area contributed by atoms with Crippen LogP contribution in [0.4, 0.5) is 0 Å². The van der Waals surface area contributed by atoms with Gasteiger partial charge in [0.05, 0.1) is 26.2 Å². The molecular formula is C12H14N4O6Zn. The molecule has 0 spiro atoms. The van der Waals surface area contributed by atoms with Crippen molar-refractivity contribution in [3.05, 3.63) is 23.9 Å². The van der Waals surface area contributed by atoms with Gasteiger partial charge in [0.25, 0.3) is 0 Å². The normalized spacial score (nSPS) is 27.1. The van der Waals surface area contributed by atoms with Crippen LogP contribution in [0.5, 0.6) is 0 Å². The maximum absolute atomic E-state index is 10.4. The van der Waals surface area contributed by atoms with E-state index >= 15 is 0 Å². The summed E-state index contributed by atoms with van der Waals surface area (Å²) in [7, 11) is 2.79. The van der Waals surface area contributed by atoms with Crippen molar-refractivity contribution >= 4 is 11.9 Å². The standard InChI is InChI=1S/2C6H8N2O3.Zn/c2*1-6(5(9)10)3-4(11-2)7-8-6;/h2*3H,1-2H3,(H,9,10);/q;;+2/p-2. The Balaban J connectivity index is 0.000000403. The van der Waals surface area contributed by atoms with E-state index in [-0.39, 0.29) is 31.2 Å². The van der Waals surface area contributed by atoms with Gasteiger partial charge in [0.2, 0.25) is 11.8 Å². The number of carbonyl (C=O) groups is 2. The molecule has 0 N–H and O–H groups in total. The molecule has 2 unspecified atom stereocenters. The Bertz CT molecular complexity index is 550. The third-order valence-electron chi connectivity index (χ3n) is 2.77. The van der Waals surface area contributed by atoms with Gasteiger partial charge in [-0.05, 0) is 13.8 Å². The van der Waals surface area contributed by atoms with E-state index < -0.39 is 23.0 Å². The summed E-state index contributed by atoms with van der Waals surface area (Å²) < 4.78 is 9.33. The maximum Gasteiger partial charge on any atom is 2.00 e. The summed E-state index contributed by atoms with van der Waals surface area (Å²) in [4.78, 5) is 20.8. The zero-order chi connectivity index (χ0) is 17.0. The molecule has 10 nitrogen and oxygen atoms in total. The number of carboxylic acids is 2. The number of nitrogens with zero attached hydrogens (tertiary/aromatic N) is 4. The number of azo groups is 2. The van der Waals surface area contributed by atoms with E-state index in [1.54, 1.807) is 0 Å². The third-order valence-corrected chi connectivity index (χ3v) is 2.77. The molecule has 11 heteroatoms. The fourth-order valence-corrected chi connectivity index (χ4v) is 1.30. The minimum Gasteiger partial charge on any atom is -0.547 e. The Kier molecular flexibility index (Phi) is 7.17. The van der Waals surface area contributed by atoms with Crippen molar-refractivity contribution < 1.29 is 48.8 Å². The molecule has 0 aromatic carbocycles. The van der Waals surface area contributed by atoms with E-state index in [0.717, 1.165) is 0 Å². The molecule has 2 aliphatic heterocycles. The summed E-state index contributed by atoms with van der Waals surface area (Å²) in [6, 6.07) is 0. The number of methoxy groups -OCH3 is 2. The SMILES string of the molecule is COC1=CC(C)(C(=O)[O-])N=N1.COC1=CC(C)(C(=O)[O-])N=N1.[Zn+2]. The van der Waals surface area contributed by atoms with Crippen LogP contribution in [-0.2, 0) is 38.5 Å². The van der Waals surface area contributed by atoms with E-state index in [4.69, 9.17) is 0 Å². The number of carbonyl (C=O) groups excluding carboxylic acids is 2. The van der Waals surface area contributed by atoms with Gasteiger partial charge < -0.3 is 29.3 Å². The number of aliphatic carboxylic acids is 2. The molecule has 2 heterocycles. The van der Waals surface area contributed by atoms with Gasteiger partial charge in [-0.25, -0.2) is 0 Å². The van der Waals surface area contributed by atoms with Crippen molar-refractivity contribution in [3.63, 3.8) is 0 Å². The smallest absolute Gasteiger partial charge is 0.547 e. The molecule has 0 aliphatic carbocycles. The Labute approximate surface area is 144 Å². The molecule has 23 heavy (non-hydrogen) atoms. The van der Waals surface area contributed by atoms with Crippen molar-refractivity contribution in [2.75, 3.05) is 14.2 Å². The van der Waals surface area contributed by atoms with E-state index in [1.165, 1.54) is 40.2 Å². The van der Waals surface area contributed by atoms with Crippen molar-refractivity contribution in [3.8, 4) is 0 Å². The molecular weight excluding hydrogens is 362 g/mol. The summed E-state index contributed by atoms with van der Waals surface area (Å²) in [6.45, 7) is 2.77. The second kappa shape index (κ2) is 7.91. The molecule has 0 bridgehead atoms. The minimum atomic E-state index is -1.36.